The number of carboxylic acids is 1. The molecule has 1 fully saturated rings. The molecule has 3 N–H and O–H groups in total. The second-order valence-electron chi connectivity index (χ2n) is 10.5. The van der Waals surface area contributed by atoms with E-state index in [1.807, 2.05) is 40.2 Å². The number of allylic oxidation sites excluding steroid dienone is 1. The van der Waals surface area contributed by atoms with Gasteiger partial charge in [0, 0.05) is 38.0 Å². The third kappa shape index (κ3) is 7.05. The summed E-state index contributed by atoms with van der Waals surface area (Å²) in [7, 11) is 0. The Hall–Kier alpha value is -3.24. The van der Waals surface area contributed by atoms with E-state index in [0.29, 0.717) is 57.1 Å². The number of likely N-dealkylation sites (tertiary alicyclic amines) is 1. The third-order valence-corrected chi connectivity index (χ3v) is 7.89. The van der Waals surface area contributed by atoms with Crippen molar-refractivity contribution in [2.45, 2.75) is 57.4 Å². The molecule has 1 aromatic rings. The first kappa shape index (κ1) is 28.8. The molecule has 0 saturated carbocycles. The molecule has 3 heterocycles. The molecule has 212 valence electrons. The van der Waals surface area contributed by atoms with Crippen molar-refractivity contribution in [3.05, 3.63) is 35.9 Å². The van der Waals surface area contributed by atoms with E-state index in [9.17, 15) is 19.5 Å². The fourth-order valence-electron chi connectivity index (χ4n) is 5.77. The molecule has 0 aliphatic carbocycles. The lowest BCUT2D eigenvalue weighted by atomic mass is 9.84. The molecule has 0 aromatic heterocycles. The Labute approximate surface area is 230 Å². The average molecular weight is 542 g/mol. The van der Waals surface area contributed by atoms with Gasteiger partial charge in [0.2, 0.25) is 12.7 Å². The van der Waals surface area contributed by atoms with Gasteiger partial charge < -0.3 is 25.2 Å². The molecule has 1 aromatic carbocycles. The number of carboxylic acid groups (broad SMARTS) is 1. The SMILES string of the molecule is CCCCN(CCCCN)C(=O)CN1C[C@H](c2ccc3c(c2)OCO3)[C@@H](C(=O)O)[C@@H]1CC[N+]1=CC=CCC1=O. The van der Waals surface area contributed by atoms with E-state index in [4.69, 9.17) is 15.2 Å². The number of hydrogen-bond donors (Lipinski definition) is 2. The van der Waals surface area contributed by atoms with Crippen molar-refractivity contribution in [1.82, 2.24) is 9.80 Å². The van der Waals surface area contributed by atoms with Gasteiger partial charge in [-0.1, -0.05) is 25.5 Å². The first-order chi connectivity index (χ1) is 18.9. The smallest absolute Gasteiger partial charge is 0.390 e. The third-order valence-electron chi connectivity index (χ3n) is 7.89. The number of amides is 2. The maximum atomic E-state index is 13.6. The lowest BCUT2D eigenvalue weighted by Gasteiger charge is -2.29. The Morgan fingerprint density at radius 3 is 2.72 bits per heavy atom. The standard InChI is InChI=1S/C29H40N4O6/c1-2-3-13-31(15-7-5-12-30)27(35)19-33-18-22(21-9-10-24-25(17-21)39-20-38-24)28(29(36)37)23(33)11-16-32-14-6-4-8-26(32)34/h4,6,9-10,14,17,22-23,28H,2-3,5,7-8,11-13,15-16,18-20,30H2,1H3/p+1/t22-,23+,28-/m1/s1. The zero-order chi connectivity index (χ0) is 27.8. The van der Waals surface area contributed by atoms with Gasteiger partial charge in [-0.15, -0.1) is 0 Å². The molecule has 1 saturated heterocycles. The molecule has 3 atom stereocenters. The van der Waals surface area contributed by atoms with Gasteiger partial charge in [-0.2, -0.15) is 4.58 Å². The maximum Gasteiger partial charge on any atom is 0.390 e. The molecule has 0 spiro atoms. The van der Waals surface area contributed by atoms with Gasteiger partial charge in [-0.05, 0) is 49.6 Å². The van der Waals surface area contributed by atoms with Crippen molar-refractivity contribution in [2.75, 3.05) is 46.1 Å². The van der Waals surface area contributed by atoms with Crippen LogP contribution in [-0.4, -0.2) is 95.6 Å². The number of benzene rings is 1. The Bertz CT molecular complexity index is 1100. The van der Waals surface area contributed by atoms with Gasteiger partial charge in [-0.3, -0.25) is 14.5 Å². The van der Waals surface area contributed by atoms with Gasteiger partial charge >= 0.3 is 11.9 Å². The Balaban J connectivity index is 1.58. The Morgan fingerprint density at radius 2 is 1.97 bits per heavy atom. The molecule has 3 aliphatic rings. The number of nitrogens with two attached hydrogens (primary N) is 1. The summed E-state index contributed by atoms with van der Waals surface area (Å²) in [6.07, 6.45) is 9.76. The number of rotatable bonds is 14. The van der Waals surface area contributed by atoms with Crippen molar-refractivity contribution in [3.8, 4) is 11.5 Å². The topological polar surface area (TPSA) is 125 Å². The molecule has 39 heavy (non-hydrogen) atoms. The second-order valence-corrected chi connectivity index (χ2v) is 10.5. The first-order valence-corrected chi connectivity index (χ1v) is 14.1. The molecule has 0 unspecified atom stereocenters. The summed E-state index contributed by atoms with van der Waals surface area (Å²) in [4.78, 5) is 42.6. The average Bonchev–Trinajstić information content (AvgIpc) is 3.54. The zero-order valence-corrected chi connectivity index (χ0v) is 22.8. The number of carbonyl (C=O) groups excluding carboxylic acids is 2. The summed E-state index contributed by atoms with van der Waals surface area (Å²) in [6, 6.07) is 5.16. The maximum absolute atomic E-state index is 13.6. The quantitative estimate of drug-likeness (QED) is 0.271. The van der Waals surface area contributed by atoms with Crippen LogP contribution >= 0.6 is 0 Å². The summed E-state index contributed by atoms with van der Waals surface area (Å²) < 4.78 is 12.7. The monoisotopic (exact) mass is 541 g/mol. The Kier molecular flexibility index (Phi) is 10.1. The predicted octanol–water partition coefficient (Wildman–Crippen LogP) is 2.21. The number of carbonyl (C=O) groups is 3. The van der Waals surface area contributed by atoms with E-state index in [0.717, 1.165) is 31.2 Å². The van der Waals surface area contributed by atoms with Gasteiger partial charge in [0.25, 0.3) is 0 Å². The van der Waals surface area contributed by atoms with Crippen molar-refractivity contribution in [3.63, 3.8) is 0 Å². The molecule has 10 heteroatoms. The summed E-state index contributed by atoms with van der Waals surface area (Å²) >= 11 is 0. The van der Waals surface area contributed by atoms with Crippen LogP contribution in [0.3, 0.4) is 0 Å². The van der Waals surface area contributed by atoms with Gasteiger partial charge in [0.1, 0.15) is 0 Å². The highest BCUT2D eigenvalue weighted by molar-refractivity contribution is 5.81. The second kappa shape index (κ2) is 13.7. The van der Waals surface area contributed by atoms with Crippen LogP contribution in [-0.2, 0) is 14.4 Å². The number of hydrogen-bond acceptors (Lipinski definition) is 7. The van der Waals surface area contributed by atoms with E-state index in [2.05, 4.69) is 6.92 Å². The lowest BCUT2D eigenvalue weighted by Crippen LogP contribution is -2.45. The molecule has 10 nitrogen and oxygen atoms in total. The van der Waals surface area contributed by atoms with Crippen LogP contribution in [0, 0.1) is 5.92 Å². The molecule has 2 amide bonds. The molecule has 4 rings (SSSR count). The molecule has 0 radical (unpaired) electrons. The minimum absolute atomic E-state index is 0.00416. The minimum Gasteiger partial charge on any atom is -0.481 e. The van der Waals surface area contributed by atoms with Crippen LogP contribution in [0.2, 0.25) is 0 Å². The van der Waals surface area contributed by atoms with E-state index in [-0.39, 0.29) is 31.1 Å². The Morgan fingerprint density at radius 1 is 1.18 bits per heavy atom. The number of fused-ring (bicyclic) bond motifs is 1. The van der Waals surface area contributed by atoms with E-state index in [1.54, 1.807) is 10.8 Å². The van der Waals surface area contributed by atoms with Gasteiger partial charge in [0.15, 0.2) is 24.3 Å². The van der Waals surface area contributed by atoms with Gasteiger partial charge in [0.05, 0.1) is 18.9 Å². The zero-order valence-electron chi connectivity index (χ0n) is 22.8. The van der Waals surface area contributed by atoms with E-state index in [1.165, 1.54) is 0 Å². The van der Waals surface area contributed by atoms with E-state index < -0.39 is 17.9 Å². The predicted molar refractivity (Wildman–Crippen MR) is 146 cm³/mol. The minimum atomic E-state index is -0.905. The number of ether oxygens (including phenoxy) is 2. The van der Waals surface area contributed by atoms with Crippen molar-refractivity contribution in [2.24, 2.45) is 11.7 Å². The van der Waals surface area contributed by atoms with Crippen LogP contribution in [0.4, 0.5) is 0 Å². The molecular weight excluding hydrogens is 500 g/mol. The number of unbranched alkanes of at least 4 members (excludes halogenated alkanes) is 2. The van der Waals surface area contributed by atoms with Crippen LogP contribution < -0.4 is 15.2 Å². The highest BCUT2D eigenvalue weighted by atomic mass is 16.7. The summed E-state index contributed by atoms with van der Waals surface area (Å²) in [5, 5.41) is 10.4. The van der Waals surface area contributed by atoms with Crippen molar-refractivity contribution >= 4 is 24.0 Å². The first-order valence-electron chi connectivity index (χ1n) is 14.1. The van der Waals surface area contributed by atoms with Gasteiger partial charge in [-0.25, -0.2) is 4.79 Å². The fraction of sp³-hybridized carbons (Fsp3) is 0.586. The highest BCUT2D eigenvalue weighted by Gasteiger charge is 2.48. The summed E-state index contributed by atoms with van der Waals surface area (Å²) in [5.74, 6) is -0.742. The van der Waals surface area contributed by atoms with E-state index >= 15 is 0 Å². The summed E-state index contributed by atoms with van der Waals surface area (Å²) in [6.45, 7) is 5.10. The number of aliphatic carboxylic acids is 1. The van der Waals surface area contributed by atoms with Crippen molar-refractivity contribution in [1.29, 1.82) is 0 Å². The number of nitrogens with zero attached hydrogens (tertiary/aromatic N) is 3. The van der Waals surface area contributed by atoms with Crippen LogP contribution in [0.5, 0.6) is 11.5 Å². The largest absolute Gasteiger partial charge is 0.481 e. The van der Waals surface area contributed by atoms with Crippen LogP contribution in [0.25, 0.3) is 0 Å². The molecular formula is C29H41N4O6+. The normalized spacial score (nSPS) is 22.3. The molecule has 0 bridgehead atoms. The lowest BCUT2D eigenvalue weighted by molar-refractivity contribution is -0.446. The van der Waals surface area contributed by atoms with Crippen LogP contribution in [0.1, 0.15) is 56.9 Å². The van der Waals surface area contributed by atoms with Crippen molar-refractivity contribution < 1.29 is 33.5 Å². The van der Waals surface area contributed by atoms with Crippen LogP contribution in [0.15, 0.2) is 30.4 Å². The fourth-order valence-corrected chi connectivity index (χ4v) is 5.77. The molecule has 3 aliphatic heterocycles. The highest BCUT2D eigenvalue weighted by Crippen LogP contribution is 2.42. The summed E-state index contributed by atoms with van der Waals surface area (Å²) in [5.41, 5.74) is 6.52.